The first-order chi connectivity index (χ1) is 7.61. The molecule has 0 rings (SSSR count). The Morgan fingerprint density at radius 2 is 0.588 bits per heavy atom. The summed E-state index contributed by atoms with van der Waals surface area (Å²) < 4.78 is 0. The van der Waals surface area contributed by atoms with Crippen LogP contribution in [-0.2, 0) is 13.7 Å². The second-order valence-corrected chi connectivity index (χ2v) is 24.0. The third kappa shape index (κ3) is 642. The van der Waals surface area contributed by atoms with Crippen LogP contribution in [0, 0.1) is 6.92 Å². The maximum absolute atomic E-state index is 3.25. The van der Waals surface area contributed by atoms with Gasteiger partial charge in [-0.3, -0.25) is 0 Å². The van der Waals surface area contributed by atoms with Gasteiger partial charge >= 0.3 is 40.7 Å². The van der Waals surface area contributed by atoms with Crippen LogP contribution in [0.3, 0.4) is 0 Å². The fraction of sp³-hybridized carbons (Fsp3) is 0.909. The van der Waals surface area contributed by atoms with Gasteiger partial charge in [0, 0.05) is 60.0 Å². The molecule has 0 bridgehead atoms. The van der Waals surface area contributed by atoms with Crippen molar-refractivity contribution < 1.29 is 13.7 Å². The number of hydrogen-bond acceptors (Lipinski definition) is 0. The fourth-order valence-corrected chi connectivity index (χ4v) is 0. The van der Waals surface area contributed by atoms with E-state index in [4.69, 9.17) is 0 Å². The summed E-state index contributed by atoms with van der Waals surface area (Å²) in [6, 6.07) is 0. The monoisotopic (exact) mass is 611 g/mol. The van der Waals surface area contributed by atoms with E-state index in [2.05, 4.69) is 93.9 Å². The molecule has 0 unspecified atom stereocenters. The first-order valence-electron chi connectivity index (χ1n) is 5.46. The maximum atomic E-state index is 3.25. The van der Waals surface area contributed by atoms with Crippen LogP contribution in [0.2, 0.25) is 0 Å². The summed E-state index contributed by atoms with van der Waals surface area (Å²) in [5.41, 5.74) is 0. The number of halogens is 2. The molecule has 0 nitrogen and oxygen atoms in total. The SMILES string of the molecule is C[PH+](C)C.C[PH+](C)C.C[PH+](C)C.[Br][Ir+][Br].[CH2-]C. The molecule has 114 valence electrons. The van der Waals surface area contributed by atoms with Gasteiger partial charge in [-0.05, 0) is 23.8 Å². The third-order valence-electron chi connectivity index (χ3n) is 0. The molecule has 0 radical (unpaired) electrons. The molecule has 0 aromatic heterocycles. The molecule has 0 fully saturated rings. The Morgan fingerprint density at radius 1 is 0.588 bits per heavy atom. The van der Waals surface area contributed by atoms with E-state index < -0.39 is 0 Å². The molecule has 0 heterocycles. The van der Waals surface area contributed by atoms with E-state index in [1.165, 1.54) is 0 Å². The second-order valence-electron chi connectivity index (χ2n) is 4.55. The van der Waals surface area contributed by atoms with Crippen molar-refractivity contribution >= 4 is 50.8 Å². The predicted molar refractivity (Wildman–Crippen MR) is 107 cm³/mol. The van der Waals surface area contributed by atoms with Crippen molar-refractivity contribution in [1.82, 2.24) is 0 Å². The van der Waals surface area contributed by atoms with E-state index in [0.717, 1.165) is 0 Å². The standard InChI is InChI=1S/3C3H9P.C2H5.2BrH.Ir/c3*1-4(2)3;1-2;;;/h3*1-3H3;1H2,2H3;2*1H;/q;;;-1;;;+3/p+1. The molecule has 0 aliphatic heterocycles. The Morgan fingerprint density at radius 3 is 0.588 bits per heavy atom. The van der Waals surface area contributed by atoms with Gasteiger partial charge in [-0.1, -0.05) is 0 Å². The maximum Gasteiger partial charge on any atom is -0.194 e. The van der Waals surface area contributed by atoms with Crippen LogP contribution < -0.4 is 0 Å². The molecule has 0 aromatic carbocycles. The first kappa shape index (κ1) is 32.0. The summed E-state index contributed by atoms with van der Waals surface area (Å²) >= 11 is 6.50. The van der Waals surface area contributed by atoms with E-state index in [1.807, 2.05) is 0 Å². The molecular formula is C11H35Br2IrP3+3. The van der Waals surface area contributed by atoms with Crippen LogP contribution >= 0.6 is 50.8 Å². The zero-order chi connectivity index (χ0) is 15.4. The van der Waals surface area contributed by atoms with Crippen LogP contribution in [0.1, 0.15) is 6.92 Å². The molecule has 17 heavy (non-hydrogen) atoms. The molecule has 0 saturated heterocycles. The summed E-state index contributed by atoms with van der Waals surface area (Å²) in [5, 5.41) is 0. The Balaban J connectivity index is -0.0000000361. The van der Waals surface area contributed by atoms with Gasteiger partial charge in [-0.2, -0.15) is 6.92 Å². The van der Waals surface area contributed by atoms with E-state index in [-0.39, 0.29) is 37.5 Å². The molecule has 0 N–H and O–H groups in total. The van der Waals surface area contributed by atoms with Crippen molar-refractivity contribution in [2.75, 3.05) is 60.0 Å². The smallest absolute Gasteiger partial charge is 0.194 e. The Kier molecular flexibility index (Phi) is 68.5. The van der Waals surface area contributed by atoms with Crippen LogP contribution in [0.15, 0.2) is 0 Å². The minimum Gasteiger partial charge on any atom is -0.346 e. The van der Waals surface area contributed by atoms with Gasteiger partial charge < -0.3 is 6.92 Å². The van der Waals surface area contributed by atoms with E-state index in [0.29, 0.717) is 0 Å². The van der Waals surface area contributed by atoms with Crippen molar-refractivity contribution in [2.45, 2.75) is 6.92 Å². The molecule has 0 aliphatic rings. The normalized spacial score (nSPS) is 8.00. The summed E-state index contributed by atoms with van der Waals surface area (Å²) in [7, 11) is 0.361. The van der Waals surface area contributed by atoms with Gasteiger partial charge in [0.2, 0.25) is 0 Å². The third-order valence-corrected chi connectivity index (χ3v) is 0. The molecular weight excluding hydrogens is 577 g/mol. The van der Waals surface area contributed by atoms with Gasteiger partial charge in [0.25, 0.3) is 0 Å². The average molecular weight is 612 g/mol. The minimum absolute atomic E-state index is 0.120. The summed E-state index contributed by atoms with van der Waals surface area (Å²) in [4.78, 5) is 0. The van der Waals surface area contributed by atoms with Crippen LogP contribution in [0.5, 0.6) is 0 Å². The van der Waals surface area contributed by atoms with Crippen molar-refractivity contribution in [2.24, 2.45) is 0 Å². The Labute approximate surface area is 137 Å². The van der Waals surface area contributed by atoms with E-state index >= 15 is 0 Å². The minimum atomic E-state index is 0.120. The Bertz CT molecular complexity index is 62.6. The zero-order valence-electron chi connectivity index (χ0n) is 13.3. The molecule has 0 aliphatic carbocycles. The van der Waals surface area contributed by atoms with Crippen molar-refractivity contribution in [3.63, 3.8) is 0 Å². The predicted octanol–water partition coefficient (Wildman–Crippen LogP) is 5.80. The zero-order valence-corrected chi connectivity index (χ0v) is 21.9. The number of rotatable bonds is 0. The Hall–Kier alpha value is 2.90. The molecule has 6 heteroatoms. The molecule has 0 spiro atoms. The van der Waals surface area contributed by atoms with Gasteiger partial charge in [0.1, 0.15) is 0 Å². The summed E-state index contributed by atoms with van der Waals surface area (Å²) in [5.74, 6) is 0. The van der Waals surface area contributed by atoms with Crippen LogP contribution in [0.4, 0.5) is 0 Å². The quantitative estimate of drug-likeness (QED) is 0.240. The second kappa shape index (κ2) is 36.4. The van der Waals surface area contributed by atoms with Gasteiger partial charge in [0.15, 0.2) is 0 Å². The fourth-order valence-electron chi connectivity index (χ4n) is 0. The summed E-state index contributed by atoms with van der Waals surface area (Å²) in [6.07, 6.45) is 0. The molecule has 0 amide bonds. The molecule has 0 saturated carbocycles. The number of hydrogen-bond donors (Lipinski definition) is 0. The van der Waals surface area contributed by atoms with Gasteiger partial charge in [0.05, 0.1) is 0 Å². The van der Waals surface area contributed by atoms with Crippen LogP contribution in [0.25, 0.3) is 0 Å². The largest absolute Gasteiger partial charge is 0.346 e. The van der Waals surface area contributed by atoms with Crippen molar-refractivity contribution in [3.05, 3.63) is 6.92 Å². The topological polar surface area (TPSA) is 0 Å². The summed E-state index contributed by atoms with van der Waals surface area (Å²) in [6.45, 7) is 25.4. The van der Waals surface area contributed by atoms with E-state index in [1.54, 1.807) is 6.92 Å². The molecule has 0 aromatic rings. The van der Waals surface area contributed by atoms with Gasteiger partial charge in [-0.25, -0.2) is 0 Å². The van der Waals surface area contributed by atoms with Crippen molar-refractivity contribution in [1.29, 1.82) is 0 Å². The van der Waals surface area contributed by atoms with Crippen LogP contribution in [-0.4, -0.2) is 60.0 Å². The molecule has 0 atom stereocenters. The van der Waals surface area contributed by atoms with E-state index in [9.17, 15) is 0 Å². The first-order valence-corrected chi connectivity index (χ1v) is 24.9. The van der Waals surface area contributed by atoms with Crippen molar-refractivity contribution in [3.8, 4) is 0 Å². The van der Waals surface area contributed by atoms with Gasteiger partial charge in [-0.15, -0.1) is 0 Å². The average Bonchev–Trinajstić information content (AvgIpc) is 2.04.